The van der Waals surface area contributed by atoms with Gasteiger partial charge in [-0.3, -0.25) is 9.59 Å². The third-order valence-electron chi connectivity index (χ3n) is 4.23. The van der Waals surface area contributed by atoms with Crippen molar-refractivity contribution in [2.45, 2.75) is 38.2 Å². The second-order valence-corrected chi connectivity index (χ2v) is 7.60. The van der Waals surface area contributed by atoms with E-state index in [1.807, 2.05) is 50.2 Å². The van der Waals surface area contributed by atoms with Gasteiger partial charge in [0.1, 0.15) is 5.75 Å². The topological polar surface area (TPSA) is 64.6 Å². The van der Waals surface area contributed by atoms with Crippen LogP contribution in [0.4, 0.5) is 0 Å². The molecule has 0 radical (unpaired) electrons. The van der Waals surface area contributed by atoms with Crippen molar-refractivity contribution < 1.29 is 19.1 Å². The predicted octanol–water partition coefficient (Wildman–Crippen LogP) is 3.69. The molecule has 0 aliphatic carbocycles. The van der Waals surface area contributed by atoms with Gasteiger partial charge in [-0.15, -0.1) is 11.8 Å². The number of esters is 1. The SMILES string of the molecule is COc1ccc(CCNC(=O)[C@@H](C)OC(=O)CSc2ccc(C)cc2C)cc1. The molecule has 2 aromatic carbocycles. The number of benzene rings is 2. The molecule has 1 atom stereocenters. The molecule has 0 aliphatic rings. The summed E-state index contributed by atoms with van der Waals surface area (Å²) >= 11 is 1.42. The van der Waals surface area contributed by atoms with Gasteiger partial charge in [-0.25, -0.2) is 0 Å². The Balaban J connectivity index is 1.70. The van der Waals surface area contributed by atoms with E-state index < -0.39 is 12.1 Å². The Bertz CT molecular complexity index is 805. The van der Waals surface area contributed by atoms with Gasteiger partial charge in [-0.1, -0.05) is 29.8 Å². The Morgan fingerprint density at radius 2 is 1.82 bits per heavy atom. The first-order valence-electron chi connectivity index (χ1n) is 9.19. The summed E-state index contributed by atoms with van der Waals surface area (Å²) in [6.45, 7) is 6.11. The number of rotatable bonds is 9. The molecule has 0 heterocycles. The Labute approximate surface area is 170 Å². The van der Waals surface area contributed by atoms with E-state index in [-0.39, 0.29) is 11.7 Å². The number of ether oxygens (including phenoxy) is 2. The van der Waals surface area contributed by atoms with E-state index >= 15 is 0 Å². The molecule has 0 unspecified atom stereocenters. The van der Waals surface area contributed by atoms with Crippen molar-refractivity contribution in [1.29, 1.82) is 0 Å². The number of methoxy groups -OCH3 is 1. The highest BCUT2D eigenvalue weighted by Crippen LogP contribution is 2.23. The van der Waals surface area contributed by atoms with Crippen LogP contribution in [0.25, 0.3) is 0 Å². The first kappa shape index (κ1) is 21.8. The summed E-state index contributed by atoms with van der Waals surface area (Å²) in [5.74, 6) is 0.279. The summed E-state index contributed by atoms with van der Waals surface area (Å²) in [7, 11) is 1.62. The molecular formula is C22H27NO4S. The summed E-state index contributed by atoms with van der Waals surface area (Å²) in [4.78, 5) is 25.2. The Hall–Kier alpha value is -2.47. The number of nitrogens with one attached hydrogen (secondary N) is 1. The standard InChI is InChI=1S/C22H27NO4S/c1-15-5-10-20(16(2)13-15)28-14-21(24)27-17(3)22(25)23-12-11-18-6-8-19(26-4)9-7-18/h5-10,13,17H,11-12,14H2,1-4H3,(H,23,25)/t17-/m1/s1. The number of hydrogen-bond acceptors (Lipinski definition) is 5. The van der Waals surface area contributed by atoms with Gasteiger partial charge in [0, 0.05) is 11.4 Å². The molecule has 150 valence electrons. The predicted molar refractivity (Wildman–Crippen MR) is 112 cm³/mol. The minimum Gasteiger partial charge on any atom is -0.497 e. The van der Waals surface area contributed by atoms with Crippen LogP contribution in [-0.2, 0) is 20.7 Å². The number of carbonyl (C=O) groups excluding carboxylic acids is 2. The zero-order valence-corrected chi connectivity index (χ0v) is 17.6. The fraction of sp³-hybridized carbons (Fsp3) is 0.364. The summed E-state index contributed by atoms with van der Waals surface area (Å²) in [5.41, 5.74) is 3.40. The van der Waals surface area contributed by atoms with Gasteiger partial charge in [0.25, 0.3) is 5.91 Å². The molecule has 1 amide bonds. The third kappa shape index (κ3) is 6.93. The van der Waals surface area contributed by atoms with E-state index in [9.17, 15) is 9.59 Å². The van der Waals surface area contributed by atoms with Crippen LogP contribution in [0, 0.1) is 13.8 Å². The van der Waals surface area contributed by atoms with Crippen molar-refractivity contribution in [3.05, 3.63) is 59.2 Å². The molecular weight excluding hydrogens is 374 g/mol. The molecule has 1 N–H and O–H groups in total. The molecule has 0 fully saturated rings. The van der Waals surface area contributed by atoms with E-state index in [0.29, 0.717) is 13.0 Å². The zero-order valence-electron chi connectivity index (χ0n) is 16.8. The average molecular weight is 402 g/mol. The van der Waals surface area contributed by atoms with Crippen LogP contribution in [0.2, 0.25) is 0 Å². The van der Waals surface area contributed by atoms with Gasteiger partial charge in [0.05, 0.1) is 12.9 Å². The lowest BCUT2D eigenvalue weighted by atomic mass is 10.1. The van der Waals surface area contributed by atoms with Crippen molar-refractivity contribution >= 4 is 23.6 Å². The van der Waals surface area contributed by atoms with Gasteiger partial charge < -0.3 is 14.8 Å². The Morgan fingerprint density at radius 3 is 2.46 bits per heavy atom. The van der Waals surface area contributed by atoms with E-state index in [2.05, 4.69) is 11.4 Å². The maximum Gasteiger partial charge on any atom is 0.317 e. The summed E-state index contributed by atoms with van der Waals surface area (Å²) in [6.07, 6.45) is -0.123. The molecule has 5 nitrogen and oxygen atoms in total. The van der Waals surface area contributed by atoms with E-state index in [4.69, 9.17) is 9.47 Å². The lowest BCUT2D eigenvalue weighted by Gasteiger charge is -2.14. The van der Waals surface area contributed by atoms with E-state index in [0.717, 1.165) is 21.8 Å². The number of hydrogen-bond donors (Lipinski definition) is 1. The molecule has 0 aliphatic heterocycles. The van der Waals surface area contributed by atoms with Crippen molar-refractivity contribution in [1.82, 2.24) is 5.32 Å². The van der Waals surface area contributed by atoms with Crippen LogP contribution in [0.3, 0.4) is 0 Å². The fourth-order valence-electron chi connectivity index (χ4n) is 2.65. The summed E-state index contributed by atoms with van der Waals surface area (Å²) < 4.78 is 10.4. The first-order chi connectivity index (χ1) is 13.4. The molecule has 28 heavy (non-hydrogen) atoms. The fourth-order valence-corrected chi connectivity index (χ4v) is 3.44. The van der Waals surface area contributed by atoms with Crippen LogP contribution in [0.15, 0.2) is 47.4 Å². The number of aryl methyl sites for hydroxylation is 2. The molecule has 2 aromatic rings. The highest BCUT2D eigenvalue weighted by Gasteiger charge is 2.17. The minimum atomic E-state index is -0.817. The van der Waals surface area contributed by atoms with Gasteiger partial charge >= 0.3 is 5.97 Å². The Morgan fingerprint density at radius 1 is 1.11 bits per heavy atom. The van der Waals surface area contributed by atoms with E-state index in [1.54, 1.807) is 14.0 Å². The normalized spacial score (nSPS) is 11.6. The molecule has 0 aromatic heterocycles. The molecule has 6 heteroatoms. The second-order valence-electron chi connectivity index (χ2n) is 6.58. The molecule has 0 spiro atoms. The highest BCUT2D eigenvalue weighted by molar-refractivity contribution is 8.00. The average Bonchev–Trinajstić information content (AvgIpc) is 2.67. The maximum absolute atomic E-state index is 12.1. The third-order valence-corrected chi connectivity index (χ3v) is 5.37. The van der Waals surface area contributed by atoms with Crippen molar-refractivity contribution in [3.63, 3.8) is 0 Å². The van der Waals surface area contributed by atoms with Crippen molar-refractivity contribution in [3.8, 4) is 5.75 Å². The molecule has 0 bridgehead atoms. The maximum atomic E-state index is 12.1. The summed E-state index contributed by atoms with van der Waals surface area (Å²) in [5, 5.41) is 2.80. The number of carbonyl (C=O) groups is 2. The van der Waals surface area contributed by atoms with Gasteiger partial charge in [-0.05, 0) is 56.5 Å². The smallest absolute Gasteiger partial charge is 0.317 e. The Kier molecular flexibility index (Phi) is 8.39. The molecule has 2 rings (SSSR count). The largest absolute Gasteiger partial charge is 0.497 e. The number of thioether (sulfide) groups is 1. The quantitative estimate of drug-likeness (QED) is 0.513. The van der Waals surface area contributed by atoms with Crippen molar-refractivity contribution in [2.75, 3.05) is 19.4 Å². The number of amides is 1. The van der Waals surface area contributed by atoms with E-state index in [1.165, 1.54) is 17.3 Å². The second kappa shape index (κ2) is 10.8. The lowest BCUT2D eigenvalue weighted by Crippen LogP contribution is -2.37. The van der Waals surface area contributed by atoms with Gasteiger partial charge in [0.2, 0.25) is 0 Å². The van der Waals surface area contributed by atoms with Gasteiger partial charge in [0.15, 0.2) is 6.10 Å². The zero-order chi connectivity index (χ0) is 20.5. The minimum absolute atomic E-state index is 0.174. The molecule has 0 saturated carbocycles. The van der Waals surface area contributed by atoms with Crippen LogP contribution in [-0.4, -0.2) is 37.4 Å². The van der Waals surface area contributed by atoms with Crippen molar-refractivity contribution in [2.24, 2.45) is 0 Å². The highest BCUT2D eigenvalue weighted by atomic mass is 32.2. The monoisotopic (exact) mass is 401 g/mol. The lowest BCUT2D eigenvalue weighted by molar-refractivity contribution is -0.152. The van der Waals surface area contributed by atoms with Gasteiger partial charge in [-0.2, -0.15) is 0 Å². The molecule has 0 saturated heterocycles. The van der Waals surface area contributed by atoms with Crippen LogP contribution in [0.1, 0.15) is 23.6 Å². The van der Waals surface area contributed by atoms with Crippen LogP contribution in [0.5, 0.6) is 5.75 Å². The first-order valence-corrected chi connectivity index (χ1v) is 10.2. The van der Waals surface area contributed by atoms with Crippen LogP contribution < -0.4 is 10.1 Å². The summed E-state index contributed by atoms with van der Waals surface area (Å²) in [6, 6.07) is 13.8. The van der Waals surface area contributed by atoms with Crippen LogP contribution >= 0.6 is 11.8 Å².